The molecule has 1 aromatic rings. The summed E-state index contributed by atoms with van der Waals surface area (Å²) in [6, 6.07) is 9.75. The lowest BCUT2D eigenvalue weighted by Gasteiger charge is -2.41. The number of carbonyl (C=O) groups is 2. The van der Waals surface area contributed by atoms with E-state index in [2.05, 4.69) is 5.32 Å². The van der Waals surface area contributed by atoms with Crippen LogP contribution in [-0.4, -0.2) is 23.0 Å². The monoisotopic (exact) mass is 275 g/mol. The predicted molar refractivity (Wildman–Crippen MR) is 76.4 cm³/mol. The van der Waals surface area contributed by atoms with Gasteiger partial charge < -0.3 is 10.4 Å². The maximum absolute atomic E-state index is 12.5. The Morgan fingerprint density at radius 3 is 2.45 bits per heavy atom. The molecule has 1 fully saturated rings. The Labute approximate surface area is 119 Å². The van der Waals surface area contributed by atoms with Crippen LogP contribution in [0.25, 0.3) is 0 Å². The van der Waals surface area contributed by atoms with Crippen LogP contribution < -0.4 is 5.32 Å². The smallest absolute Gasteiger partial charge is 0.303 e. The molecular weight excluding hydrogens is 254 g/mol. The van der Waals surface area contributed by atoms with Gasteiger partial charge in [-0.2, -0.15) is 0 Å². The highest BCUT2D eigenvalue weighted by Crippen LogP contribution is 2.43. The molecule has 0 heterocycles. The van der Waals surface area contributed by atoms with Gasteiger partial charge in [-0.15, -0.1) is 0 Å². The van der Waals surface area contributed by atoms with Crippen LogP contribution in [0.15, 0.2) is 30.3 Å². The van der Waals surface area contributed by atoms with Crippen LogP contribution in [0, 0.1) is 0 Å². The van der Waals surface area contributed by atoms with Gasteiger partial charge in [0.05, 0.1) is 5.41 Å². The van der Waals surface area contributed by atoms with Gasteiger partial charge in [-0.05, 0) is 31.7 Å². The van der Waals surface area contributed by atoms with Crippen LogP contribution in [-0.2, 0) is 15.0 Å². The van der Waals surface area contributed by atoms with Crippen LogP contribution in [0.3, 0.4) is 0 Å². The fraction of sp³-hybridized carbons (Fsp3) is 0.500. The quantitative estimate of drug-likeness (QED) is 0.838. The number of carboxylic acid groups (broad SMARTS) is 1. The largest absolute Gasteiger partial charge is 0.481 e. The maximum atomic E-state index is 12.5. The second-order valence-corrected chi connectivity index (χ2v) is 5.61. The Morgan fingerprint density at radius 2 is 1.95 bits per heavy atom. The average Bonchev–Trinajstić information content (AvgIpc) is 2.36. The van der Waals surface area contributed by atoms with Crippen molar-refractivity contribution in [3.05, 3.63) is 35.9 Å². The van der Waals surface area contributed by atoms with E-state index < -0.39 is 11.4 Å². The molecule has 0 aromatic heterocycles. The molecule has 4 heteroatoms. The molecule has 4 nitrogen and oxygen atoms in total. The van der Waals surface area contributed by atoms with E-state index in [9.17, 15) is 9.59 Å². The molecule has 20 heavy (non-hydrogen) atoms. The minimum Gasteiger partial charge on any atom is -0.481 e. The molecule has 2 rings (SSSR count). The number of hydrogen-bond acceptors (Lipinski definition) is 2. The van der Waals surface area contributed by atoms with E-state index in [1.54, 1.807) is 0 Å². The number of benzene rings is 1. The van der Waals surface area contributed by atoms with Gasteiger partial charge in [0.1, 0.15) is 0 Å². The van der Waals surface area contributed by atoms with Crippen molar-refractivity contribution in [1.29, 1.82) is 0 Å². The first kappa shape index (κ1) is 14.6. The molecule has 2 N–H and O–H groups in total. The molecule has 0 spiro atoms. The highest BCUT2D eigenvalue weighted by molar-refractivity contribution is 5.89. The predicted octanol–water partition coefficient (Wildman–Crippen LogP) is 2.48. The van der Waals surface area contributed by atoms with Crippen LogP contribution in [0.1, 0.15) is 44.6 Å². The number of aliphatic carboxylic acids is 1. The van der Waals surface area contributed by atoms with Crippen molar-refractivity contribution < 1.29 is 14.7 Å². The molecule has 1 unspecified atom stereocenters. The van der Waals surface area contributed by atoms with Gasteiger partial charge in [-0.1, -0.05) is 36.8 Å². The van der Waals surface area contributed by atoms with E-state index >= 15 is 0 Å². The summed E-state index contributed by atoms with van der Waals surface area (Å²) in [5, 5.41) is 11.7. The number of amides is 1. The minimum atomic E-state index is -0.826. The van der Waals surface area contributed by atoms with Crippen LogP contribution in [0.4, 0.5) is 0 Å². The first-order valence-electron chi connectivity index (χ1n) is 7.13. The van der Waals surface area contributed by atoms with Crippen molar-refractivity contribution in [1.82, 2.24) is 5.32 Å². The summed E-state index contributed by atoms with van der Waals surface area (Å²) in [5.74, 6) is -0.791. The molecule has 1 aliphatic rings. The van der Waals surface area contributed by atoms with E-state index in [4.69, 9.17) is 5.11 Å². The van der Waals surface area contributed by atoms with E-state index in [1.807, 2.05) is 37.3 Å². The third-order valence-electron chi connectivity index (χ3n) is 4.14. The second kappa shape index (κ2) is 6.07. The molecule has 108 valence electrons. The Balaban J connectivity index is 2.01. The summed E-state index contributed by atoms with van der Waals surface area (Å²) in [6.07, 6.45) is 3.35. The highest BCUT2D eigenvalue weighted by Gasteiger charge is 2.45. The normalized spacial score (nSPS) is 17.9. The molecule has 1 atom stereocenters. The molecule has 0 aliphatic heterocycles. The summed E-state index contributed by atoms with van der Waals surface area (Å²) in [6.45, 7) is 1.86. The number of nitrogens with one attached hydrogen (secondary N) is 1. The zero-order valence-corrected chi connectivity index (χ0v) is 11.8. The van der Waals surface area contributed by atoms with Gasteiger partial charge in [0.2, 0.25) is 5.91 Å². The molecule has 0 radical (unpaired) electrons. The van der Waals surface area contributed by atoms with Gasteiger partial charge in [-0.25, -0.2) is 0 Å². The van der Waals surface area contributed by atoms with Crippen molar-refractivity contribution in [2.24, 2.45) is 0 Å². The molecule has 1 aromatic carbocycles. The molecular formula is C16H21NO3. The first-order valence-corrected chi connectivity index (χ1v) is 7.13. The number of hydrogen-bond donors (Lipinski definition) is 2. The number of rotatable bonds is 6. The van der Waals surface area contributed by atoms with E-state index in [0.717, 1.165) is 24.8 Å². The lowest BCUT2D eigenvalue weighted by atomic mass is 9.63. The lowest BCUT2D eigenvalue weighted by Crippen LogP contribution is -2.51. The Bertz CT molecular complexity index is 480. The summed E-state index contributed by atoms with van der Waals surface area (Å²) < 4.78 is 0. The van der Waals surface area contributed by atoms with E-state index in [1.165, 1.54) is 0 Å². The Morgan fingerprint density at radius 1 is 1.30 bits per heavy atom. The summed E-state index contributed by atoms with van der Waals surface area (Å²) in [4.78, 5) is 23.1. The molecule has 1 saturated carbocycles. The SMILES string of the molecule is CC(CCC(=O)O)NC(=O)C1(c2ccccc2)CCC1. The van der Waals surface area contributed by atoms with Crippen molar-refractivity contribution >= 4 is 11.9 Å². The van der Waals surface area contributed by atoms with Crippen LogP contribution in [0.5, 0.6) is 0 Å². The number of carboxylic acids is 1. The van der Waals surface area contributed by atoms with Crippen molar-refractivity contribution in [3.63, 3.8) is 0 Å². The van der Waals surface area contributed by atoms with Gasteiger partial charge in [0.25, 0.3) is 0 Å². The zero-order valence-electron chi connectivity index (χ0n) is 11.8. The van der Waals surface area contributed by atoms with E-state index in [0.29, 0.717) is 6.42 Å². The lowest BCUT2D eigenvalue weighted by molar-refractivity contribution is -0.137. The Hall–Kier alpha value is -1.84. The second-order valence-electron chi connectivity index (χ2n) is 5.61. The minimum absolute atomic E-state index is 0.0350. The molecule has 1 aliphatic carbocycles. The summed E-state index contributed by atoms with van der Waals surface area (Å²) >= 11 is 0. The molecule has 0 bridgehead atoms. The van der Waals surface area contributed by atoms with Crippen molar-refractivity contribution in [3.8, 4) is 0 Å². The first-order chi connectivity index (χ1) is 9.54. The molecule has 0 saturated heterocycles. The van der Waals surface area contributed by atoms with E-state index in [-0.39, 0.29) is 18.4 Å². The van der Waals surface area contributed by atoms with Crippen LogP contribution >= 0.6 is 0 Å². The van der Waals surface area contributed by atoms with Crippen molar-refractivity contribution in [2.75, 3.05) is 0 Å². The average molecular weight is 275 g/mol. The van der Waals surface area contributed by atoms with Gasteiger partial charge in [-0.3, -0.25) is 9.59 Å². The third kappa shape index (κ3) is 3.00. The van der Waals surface area contributed by atoms with Crippen LogP contribution in [0.2, 0.25) is 0 Å². The summed E-state index contributed by atoms with van der Waals surface area (Å²) in [5.41, 5.74) is 0.660. The standard InChI is InChI=1S/C16H21NO3/c1-12(8-9-14(18)19)17-15(20)16(10-5-11-16)13-6-3-2-4-7-13/h2-4,6-7,12H,5,8-11H2,1H3,(H,17,20)(H,18,19). The third-order valence-corrected chi connectivity index (χ3v) is 4.14. The van der Waals surface area contributed by atoms with Gasteiger partial charge in [0.15, 0.2) is 0 Å². The van der Waals surface area contributed by atoms with Gasteiger partial charge in [0, 0.05) is 12.5 Å². The van der Waals surface area contributed by atoms with Gasteiger partial charge >= 0.3 is 5.97 Å². The Kier molecular flexibility index (Phi) is 4.42. The topological polar surface area (TPSA) is 66.4 Å². The highest BCUT2D eigenvalue weighted by atomic mass is 16.4. The zero-order chi connectivity index (χ0) is 14.6. The number of carbonyl (C=O) groups excluding carboxylic acids is 1. The summed E-state index contributed by atoms with van der Waals surface area (Å²) in [7, 11) is 0. The fourth-order valence-corrected chi connectivity index (χ4v) is 2.71. The maximum Gasteiger partial charge on any atom is 0.303 e. The fourth-order valence-electron chi connectivity index (χ4n) is 2.71. The van der Waals surface area contributed by atoms with Crippen molar-refractivity contribution in [2.45, 2.75) is 50.5 Å². The molecule has 1 amide bonds.